The van der Waals surface area contributed by atoms with Gasteiger partial charge in [-0.05, 0) is 56.1 Å². The van der Waals surface area contributed by atoms with Crippen LogP contribution in [0.15, 0.2) is 29.4 Å². The van der Waals surface area contributed by atoms with Crippen LogP contribution in [0.5, 0.6) is 0 Å². The van der Waals surface area contributed by atoms with Crippen LogP contribution in [-0.2, 0) is 11.3 Å². The number of aryl methyl sites for hydroxylation is 1. The molecule has 2 saturated carbocycles. The molecule has 0 aliphatic heterocycles. The van der Waals surface area contributed by atoms with Crippen LogP contribution < -0.4 is 5.32 Å². The van der Waals surface area contributed by atoms with Gasteiger partial charge in [0, 0.05) is 12.6 Å². The first kappa shape index (κ1) is 18.4. The lowest BCUT2D eigenvalue weighted by molar-refractivity contribution is -0.119. The zero-order valence-electron chi connectivity index (χ0n) is 15.7. The summed E-state index contributed by atoms with van der Waals surface area (Å²) in [5, 5.41) is 13.0. The van der Waals surface area contributed by atoms with E-state index in [-0.39, 0.29) is 11.9 Å². The van der Waals surface area contributed by atoms with Gasteiger partial charge in [0.1, 0.15) is 0 Å². The second-order valence-corrected chi connectivity index (χ2v) is 8.87. The van der Waals surface area contributed by atoms with Crippen molar-refractivity contribution < 1.29 is 4.79 Å². The van der Waals surface area contributed by atoms with Gasteiger partial charge in [-0.15, -0.1) is 0 Å². The Labute approximate surface area is 164 Å². The molecule has 1 aromatic heterocycles. The van der Waals surface area contributed by atoms with Crippen LogP contribution in [-0.4, -0.2) is 27.3 Å². The highest BCUT2D eigenvalue weighted by Gasteiger charge is 2.42. The van der Waals surface area contributed by atoms with Crippen molar-refractivity contribution in [1.82, 2.24) is 14.9 Å². The van der Waals surface area contributed by atoms with Crippen molar-refractivity contribution in [3.05, 3.63) is 24.3 Å². The molecule has 0 spiro atoms. The van der Waals surface area contributed by atoms with Crippen LogP contribution in [0.25, 0.3) is 11.0 Å². The van der Waals surface area contributed by atoms with E-state index in [1.165, 1.54) is 37.4 Å². The van der Waals surface area contributed by atoms with Gasteiger partial charge in [-0.25, -0.2) is 4.98 Å². The number of rotatable bonds is 7. The molecule has 5 nitrogen and oxygen atoms in total. The van der Waals surface area contributed by atoms with Crippen LogP contribution >= 0.6 is 11.8 Å². The predicted molar refractivity (Wildman–Crippen MR) is 107 cm³/mol. The number of thioether (sulfide) groups is 1. The van der Waals surface area contributed by atoms with Crippen LogP contribution in [0.4, 0.5) is 0 Å². The summed E-state index contributed by atoms with van der Waals surface area (Å²) >= 11 is 1.46. The van der Waals surface area contributed by atoms with Crippen molar-refractivity contribution in [3.8, 4) is 6.07 Å². The number of nitriles is 1. The lowest BCUT2D eigenvalue weighted by Crippen LogP contribution is -2.40. The molecule has 2 bridgehead atoms. The fraction of sp³-hybridized carbons (Fsp3) is 0.571. The Morgan fingerprint density at radius 1 is 1.41 bits per heavy atom. The van der Waals surface area contributed by atoms with Gasteiger partial charge in [0.2, 0.25) is 5.91 Å². The molecule has 0 unspecified atom stereocenters. The smallest absolute Gasteiger partial charge is 0.230 e. The highest BCUT2D eigenvalue weighted by atomic mass is 32.2. The van der Waals surface area contributed by atoms with Crippen LogP contribution in [0.2, 0.25) is 0 Å². The van der Waals surface area contributed by atoms with Gasteiger partial charge in [-0.1, -0.05) is 30.3 Å². The average Bonchev–Trinajstić information content (AvgIpc) is 3.38. The Morgan fingerprint density at radius 3 is 3.00 bits per heavy atom. The molecule has 2 aliphatic rings. The van der Waals surface area contributed by atoms with E-state index in [1.807, 2.05) is 24.3 Å². The molecule has 27 heavy (non-hydrogen) atoms. The van der Waals surface area contributed by atoms with Gasteiger partial charge in [0.25, 0.3) is 0 Å². The van der Waals surface area contributed by atoms with Crippen molar-refractivity contribution in [2.75, 3.05) is 5.75 Å². The molecule has 2 aliphatic carbocycles. The summed E-state index contributed by atoms with van der Waals surface area (Å²) in [5.41, 5.74) is 1.93. The molecule has 0 saturated heterocycles. The summed E-state index contributed by atoms with van der Waals surface area (Å²) in [6.07, 6.45) is 5.80. The molecular weight excluding hydrogens is 356 g/mol. The molecule has 1 heterocycles. The van der Waals surface area contributed by atoms with E-state index in [0.717, 1.165) is 28.0 Å². The Morgan fingerprint density at radius 2 is 2.26 bits per heavy atom. The zero-order valence-corrected chi connectivity index (χ0v) is 16.5. The monoisotopic (exact) mass is 382 g/mol. The quantitative estimate of drug-likeness (QED) is 0.735. The number of amides is 1. The molecule has 2 aromatic rings. The molecule has 4 atom stereocenters. The minimum Gasteiger partial charge on any atom is -0.353 e. The van der Waals surface area contributed by atoms with Crippen LogP contribution in [0.1, 0.15) is 39.0 Å². The number of carbonyl (C=O) groups is 1. The first-order valence-electron chi connectivity index (χ1n) is 9.90. The van der Waals surface area contributed by atoms with Gasteiger partial charge in [-0.2, -0.15) is 5.26 Å². The van der Waals surface area contributed by atoms with Gasteiger partial charge >= 0.3 is 0 Å². The average molecular weight is 383 g/mol. The predicted octanol–water partition coefficient (Wildman–Crippen LogP) is 3.98. The largest absolute Gasteiger partial charge is 0.353 e. The summed E-state index contributed by atoms with van der Waals surface area (Å²) in [5.74, 6) is 2.80. The number of hydrogen-bond acceptors (Lipinski definition) is 4. The molecule has 1 N–H and O–H groups in total. The van der Waals surface area contributed by atoms with E-state index in [9.17, 15) is 4.79 Å². The maximum absolute atomic E-state index is 12.5. The maximum atomic E-state index is 12.5. The van der Waals surface area contributed by atoms with Crippen molar-refractivity contribution in [3.63, 3.8) is 0 Å². The second kappa shape index (κ2) is 7.93. The normalized spacial score (nSPS) is 24.8. The SMILES string of the molecule is C[C@H](NC(=O)CSc1nc2ccccc2n1CCC#N)[C@@H]1C[C@H]2CC[C@H]1C2. The zero-order chi connectivity index (χ0) is 18.8. The third kappa shape index (κ3) is 3.84. The molecule has 142 valence electrons. The third-order valence-corrected chi connectivity index (χ3v) is 7.20. The maximum Gasteiger partial charge on any atom is 0.230 e. The molecule has 2 fully saturated rings. The van der Waals surface area contributed by atoms with E-state index < -0.39 is 0 Å². The van der Waals surface area contributed by atoms with Crippen molar-refractivity contribution in [2.45, 2.75) is 56.8 Å². The third-order valence-electron chi connectivity index (χ3n) is 6.22. The minimum absolute atomic E-state index is 0.0779. The van der Waals surface area contributed by atoms with Crippen molar-refractivity contribution >= 4 is 28.7 Å². The molecule has 6 heteroatoms. The van der Waals surface area contributed by atoms with Gasteiger partial charge in [0.05, 0.1) is 29.3 Å². The van der Waals surface area contributed by atoms with Crippen molar-refractivity contribution in [1.29, 1.82) is 5.26 Å². The molecule has 4 rings (SSSR count). The van der Waals surface area contributed by atoms with E-state index in [1.54, 1.807) is 0 Å². The first-order chi connectivity index (χ1) is 13.2. The molecule has 1 amide bonds. The Bertz CT molecular complexity index is 871. The standard InChI is InChI=1S/C21H26N4OS/c1-14(17-12-15-7-8-16(17)11-15)23-20(26)13-27-21-24-18-5-2-3-6-19(18)25(21)10-4-9-22/h2-3,5-6,14-17H,4,7-8,10-13H2,1H3,(H,23,26)/t14-,15-,16-,17-/m0/s1. The van der Waals surface area contributed by atoms with E-state index in [0.29, 0.717) is 24.6 Å². The number of aromatic nitrogens is 2. The van der Waals surface area contributed by atoms with Crippen LogP contribution in [0.3, 0.4) is 0 Å². The highest BCUT2D eigenvalue weighted by Crippen LogP contribution is 2.49. The van der Waals surface area contributed by atoms with E-state index in [2.05, 4.69) is 27.9 Å². The summed E-state index contributed by atoms with van der Waals surface area (Å²) < 4.78 is 2.05. The van der Waals surface area contributed by atoms with Gasteiger partial charge in [-0.3, -0.25) is 4.79 Å². The summed E-state index contributed by atoms with van der Waals surface area (Å²) in [6, 6.07) is 10.4. The number of carbonyl (C=O) groups excluding carboxylic acids is 1. The lowest BCUT2D eigenvalue weighted by Gasteiger charge is -2.28. The number of benzene rings is 1. The number of imidazole rings is 1. The lowest BCUT2D eigenvalue weighted by atomic mass is 9.84. The summed E-state index contributed by atoms with van der Waals surface area (Å²) in [4.78, 5) is 17.2. The number of nitrogens with one attached hydrogen (secondary N) is 1. The fourth-order valence-electron chi connectivity index (χ4n) is 4.98. The van der Waals surface area contributed by atoms with Gasteiger partial charge in [0.15, 0.2) is 5.16 Å². The Kier molecular flexibility index (Phi) is 5.40. The number of para-hydroxylation sites is 2. The highest BCUT2D eigenvalue weighted by molar-refractivity contribution is 7.99. The number of hydrogen-bond donors (Lipinski definition) is 1. The van der Waals surface area contributed by atoms with Gasteiger partial charge < -0.3 is 9.88 Å². The molecule has 0 radical (unpaired) electrons. The Balaban J connectivity index is 1.38. The number of nitrogens with zero attached hydrogens (tertiary/aromatic N) is 3. The molecule has 1 aromatic carbocycles. The number of fused-ring (bicyclic) bond motifs is 3. The Hall–Kier alpha value is -2.00. The fourth-order valence-corrected chi connectivity index (χ4v) is 5.83. The van der Waals surface area contributed by atoms with E-state index >= 15 is 0 Å². The first-order valence-corrected chi connectivity index (χ1v) is 10.9. The molecular formula is C21H26N4OS. The second-order valence-electron chi connectivity index (χ2n) is 7.93. The summed E-state index contributed by atoms with van der Waals surface area (Å²) in [6.45, 7) is 2.76. The topological polar surface area (TPSA) is 70.7 Å². The van der Waals surface area contributed by atoms with E-state index in [4.69, 9.17) is 5.26 Å². The van der Waals surface area contributed by atoms with Crippen LogP contribution in [0, 0.1) is 29.1 Å². The summed E-state index contributed by atoms with van der Waals surface area (Å²) in [7, 11) is 0. The minimum atomic E-state index is 0.0779. The van der Waals surface area contributed by atoms with Crippen molar-refractivity contribution in [2.24, 2.45) is 17.8 Å².